The summed E-state index contributed by atoms with van der Waals surface area (Å²) in [5.74, 6) is -4.99. The number of ether oxygens (including phenoxy) is 2. The van der Waals surface area contributed by atoms with Crippen LogP contribution >= 0.6 is 0 Å². The van der Waals surface area contributed by atoms with E-state index in [9.17, 15) is 72.3 Å². The van der Waals surface area contributed by atoms with Crippen LogP contribution in [0.1, 0.15) is 37.8 Å². The molecule has 0 bridgehead atoms. The molecule has 0 spiro atoms. The van der Waals surface area contributed by atoms with Crippen molar-refractivity contribution in [3.8, 4) is 45.6 Å². The summed E-state index contributed by atoms with van der Waals surface area (Å²) in [4.78, 5) is -4.12. The molecule has 4 N–H and O–H groups in total. The van der Waals surface area contributed by atoms with Gasteiger partial charge in [-0.25, -0.2) is 0 Å². The van der Waals surface area contributed by atoms with Crippen LogP contribution in [0.25, 0.3) is 32.7 Å². The maximum absolute atomic E-state index is 13.6. The maximum atomic E-state index is 13.6. The van der Waals surface area contributed by atoms with Crippen LogP contribution in [-0.2, 0) is 40.5 Å². The summed E-state index contributed by atoms with van der Waals surface area (Å²) in [6.45, 7) is 7.09. The molecule has 0 heterocycles. The molecule has 6 rings (SSSR count). The second-order valence-corrected chi connectivity index (χ2v) is 20.0. The number of hydrogen-bond acceptors (Lipinski definition) is 18. The molecule has 0 aromatic heterocycles. The molecule has 0 aliphatic rings. The van der Waals surface area contributed by atoms with Gasteiger partial charge in [0.25, 0.3) is 40.5 Å². The van der Waals surface area contributed by atoms with Crippen molar-refractivity contribution >= 4 is 84.8 Å². The van der Waals surface area contributed by atoms with Gasteiger partial charge in [-0.05, 0) is 131 Å². The van der Waals surface area contributed by atoms with E-state index in [1.54, 1.807) is 27.7 Å². The Bertz CT molecular complexity index is 3310. The van der Waals surface area contributed by atoms with Gasteiger partial charge in [0.15, 0.2) is 0 Å². The van der Waals surface area contributed by atoms with E-state index in [1.165, 1.54) is 24.3 Å². The van der Waals surface area contributed by atoms with Crippen LogP contribution < -0.4 is 148 Å². The first-order valence-corrected chi connectivity index (χ1v) is 24.7. The minimum absolute atomic E-state index is 0. The molecule has 0 saturated carbocycles. The van der Waals surface area contributed by atoms with Gasteiger partial charge in [-0.1, -0.05) is 25.3 Å². The zero-order chi connectivity index (χ0) is 48.8. The van der Waals surface area contributed by atoms with Crippen molar-refractivity contribution in [3.63, 3.8) is 0 Å². The van der Waals surface area contributed by atoms with Crippen LogP contribution in [0.3, 0.4) is 0 Å². The van der Waals surface area contributed by atoms with Gasteiger partial charge in [-0.2, -0.15) is 33.7 Å². The standard InChI is InChI=1S/C40H38N4O18S4.4Na/c1-5-7-61-31-17-25(19(3)9-27(31)41-43-37-33(65(55,56)57)13-21-11-23(63(49,50)51)15-29(45)35(21)39(37)47)26-18-32(62-8-6-2)28(10-20(26)4)42-44-38-34(66(58,59)60)14-22-12-24(64(52,53)54)16-30(46)36(22)40(38)48;;;;/h9-18,45-48H,5-8H2,1-4H3,(H,49,50,51)(H,52,53,54)(H,55,56,57)(H,58,59,60);;;;/q;4*+1/p-4. The van der Waals surface area contributed by atoms with Crippen molar-refractivity contribution in [3.05, 3.63) is 71.8 Å². The van der Waals surface area contributed by atoms with Crippen LogP contribution in [0.15, 0.2) is 101 Å². The number of hydrogen-bond donors (Lipinski definition) is 4. The van der Waals surface area contributed by atoms with Gasteiger partial charge in [-0.3, -0.25) is 18.2 Å². The van der Waals surface area contributed by atoms with Gasteiger partial charge in [0.1, 0.15) is 32.7 Å². The Morgan fingerprint density at radius 3 is 1.09 bits per heavy atom. The summed E-state index contributed by atoms with van der Waals surface area (Å²) >= 11 is 0. The van der Waals surface area contributed by atoms with Crippen molar-refractivity contribution in [1.29, 1.82) is 0 Å². The van der Waals surface area contributed by atoms with E-state index < -0.39 is 116 Å². The zero-order valence-corrected chi connectivity index (χ0v) is 49.8. The molecule has 6 aromatic rings. The smallest absolute Gasteiger partial charge is 0.872 e. The molecule has 350 valence electrons. The number of benzene rings is 6. The average molecular weight is 1080 g/mol. The van der Waals surface area contributed by atoms with Crippen molar-refractivity contribution in [2.24, 2.45) is 20.5 Å². The van der Waals surface area contributed by atoms with Gasteiger partial charge in [0.05, 0.1) is 34.4 Å². The van der Waals surface area contributed by atoms with E-state index in [4.69, 9.17) is 9.47 Å². The van der Waals surface area contributed by atoms with Crippen LogP contribution in [-0.4, -0.2) is 65.1 Å². The Labute approximate surface area is 489 Å². The fraction of sp³-hybridized carbons (Fsp3) is 0.200. The van der Waals surface area contributed by atoms with E-state index in [0.717, 1.165) is 0 Å². The fourth-order valence-corrected chi connectivity index (χ4v) is 9.01. The molecule has 0 unspecified atom stereocenters. The predicted molar refractivity (Wildman–Crippen MR) is 226 cm³/mol. The van der Waals surface area contributed by atoms with E-state index in [2.05, 4.69) is 20.5 Å². The quantitative estimate of drug-likeness (QED) is 0.0422. The Morgan fingerprint density at radius 1 is 0.471 bits per heavy atom. The molecule has 0 aliphatic heterocycles. The monoisotopic (exact) mass is 1080 g/mol. The average Bonchev–Trinajstić information content (AvgIpc) is 3.20. The molecule has 0 radical (unpaired) electrons. The van der Waals surface area contributed by atoms with E-state index >= 15 is 0 Å². The molecule has 22 nitrogen and oxygen atoms in total. The molecule has 0 atom stereocenters. The second-order valence-electron chi connectivity index (χ2n) is 14.4. The molecule has 0 saturated heterocycles. The summed E-state index contributed by atoms with van der Waals surface area (Å²) in [6.07, 6.45) is 0.966. The first kappa shape index (κ1) is 63.6. The predicted octanol–water partition coefficient (Wildman–Crippen LogP) is -6.02. The van der Waals surface area contributed by atoms with E-state index in [1.807, 2.05) is 0 Å². The molecule has 6 aromatic carbocycles. The summed E-state index contributed by atoms with van der Waals surface area (Å²) < 4.78 is 148. The van der Waals surface area contributed by atoms with Crippen LogP contribution in [0.5, 0.6) is 34.5 Å². The first-order valence-electron chi connectivity index (χ1n) is 18.9. The Hall–Kier alpha value is -2.52. The second kappa shape index (κ2) is 24.7. The number of rotatable bonds is 15. The van der Waals surface area contributed by atoms with Crippen LogP contribution in [0, 0.1) is 13.8 Å². The number of fused-ring (bicyclic) bond motifs is 2. The third-order valence-electron chi connectivity index (χ3n) is 9.63. The molecule has 0 fully saturated rings. The zero-order valence-electron chi connectivity index (χ0n) is 38.5. The molecule has 0 amide bonds. The fourth-order valence-electron chi connectivity index (χ4n) is 6.64. The molecule has 30 heteroatoms. The number of azo groups is 2. The largest absolute Gasteiger partial charge is 1.00 e. The van der Waals surface area contributed by atoms with Crippen LogP contribution in [0.2, 0.25) is 0 Å². The SMILES string of the molecule is CCCOc1cc(-c2cc(OCCC)c(N=Nc3c(S(=O)(=O)O)cc4cc(S(=O)(=O)O)cc([O-])c4c3[O-])cc2C)c(C)cc1N=Nc1c(S(=O)(=O)O)cc2cc(S(=O)(=O)O)cc([O-])c2c1[O-].[Na+].[Na+].[Na+].[Na+]. The molecular formula is C40H34N4Na4O18S4. The third kappa shape index (κ3) is 14.0. The molecule has 70 heavy (non-hydrogen) atoms. The van der Waals surface area contributed by atoms with Gasteiger partial charge in [0, 0.05) is 0 Å². The Morgan fingerprint density at radius 2 is 0.800 bits per heavy atom. The first-order chi connectivity index (χ1) is 30.6. The number of aryl methyl sites for hydroxylation is 2. The third-order valence-corrected chi connectivity index (χ3v) is 13.0. The topological polar surface area (TPSA) is 378 Å². The summed E-state index contributed by atoms with van der Waals surface area (Å²) in [5, 5.41) is 66.1. The van der Waals surface area contributed by atoms with E-state index in [-0.39, 0.29) is 154 Å². The van der Waals surface area contributed by atoms with Gasteiger partial charge in [0.2, 0.25) is 0 Å². The van der Waals surface area contributed by atoms with Crippen molar-refractivity contribution < 1.29 is 200 Å². The minimum atomic E-state index is -5.27. The van der Waals surface area contributed by atoms with Gasteiger partial charge >= 0.3 is 118 Å². The summed E-state index contributed by atoms with van der Waals surface area (Å²) in [7, 11) is -20.5. The minimum Gasteiger partial charge on any atom is -0.872 e. The Kier molecular flexibility index (Phi) is 22.4. The van der Waals surface area contributed by atoms with Crippen LogP contribution in [0.4, 0.5) is 22.7 Å². The molecule has 0 aliphatic carbocycles. The van der Waals surface area contributed by atoms with Gasteiger partial charge in [-0.15, -0.1) is 32.0 Å². The van der Waals surface area contributed by atoms with E-state index in [0.29, 0.717) is 71.5 Å². The van der Waals surface area contributed by atoms with Crippen molar-refractivity contribution in [2.45, 2.75) is 60.1 Å². The summed E-state index contributed by atoms with van der Waals surface area (Å²) in [6, 6.07) is 9.48. The summed E-state index contributed by atoms with van der Waals surface area (Å²) in [5.41, 5.74) is -0.213. The van der Waals surface area contributed by atoms with Crippen molar-refractivity contribution in [1.82, 2.24) is 0 Å². The number of nitrogens with zero attached hydrogens (tertiary/aromatic N) is 4. The normalized spacial score (nSPS) is 12.1. The van der Waals surface area contributed by atoms with Crippen molar-refractivity contribution in [2.75, 3.05) is 13.2 Å². The van der Waals surface area contributed by atoms with Gasteiger partial charge < -0.3 is 29.9 Å². The molecular weight excluding hydrogens is 1040 g/mol. The maximum Gasteiger partial charge on any atom is 1.00 e. The Balaban J connectivity index is 0.00000420.